The summed E-state index contributed by atoms with van der Waals surface area (Å²) >= 11 is 5.77. The van der Waals surface area contributed by atoms with Crippen LogP contribution in [0.4, 0.5) is 0 Å². The number of carbonyl (C=O) groups excluding carboxylic acids is 1. The van der Waals surface area contributed by atoms with Crippen molar-refractivity contribution in [3.8, 4) is 0 Å². The zero-order valence-corrected chi connectivity index (χ0v) is 7.78. The summed E-state index contributed by atoms with van der Waals surface area (Å²) < 4.78 is 0. The smallest absolute Gasteiger partial charge is 0.139 e. The molecule has 1 aliphatic rings. The third kappa shape index (κ3) is 1.96. The van der Waals surface area contributed by atoms with Gasteiger partial charge in [0.15, 0.2) is 0 Å². The summed E-state index contributed by atoms with van der Waals surface area (Å²) in [5, 5.41) is 0. The molecule has 2 heteroatoms. The Labute approximate surface area is 73.1 Å². The molecular weight excluding hydrogens is 160 g/mol. The predicted molar refractivity (Wildman–Crippen MR) is 46.9 cm³/mol. The Bertz CT molecular complexity index is 156. The van der Waals surface area contributed by atoms with Gasteiger partial charge in [0.1, 0.15) is 5.78 Å². The van der Waals surface area contributed by atoms with Gasteiger partial charge in [-0.15, -0.1) is 11.6 Å². The van der Waals surface area contributed by atoms with Crippen LogP contribution in [0.3, 0.4) is 0 Å². The molecule has 0 aliphatic heterocycles. The van der Waals surface area contributed by atoms with Gasteiger partial charge in [-0.25, -0.2) is 0 Å². The fraction of sp³-hybridized carbons (Fsp3) is 0.889. The normalized spacial score (nSPS) is 33.5. The summed E-state index contributed by atoms with van der Waals surface area (Å²) in [6, 6.07) is 0. The zero-order valence-electron chi connectivity index (χ0n) is 7.03. The third-order valence-electron chi connectivity index (χ3n) is 2.60. The Morgan fingerprint density at radius 3 is 2.82 bits per heavy atom. The second kappa shape index (κ2) is 3.57. The second-order valence-electron chi connectivity index (χ2n) is 3.68. The number of hydrogen-bond acceptors (Lipinski definition) is 1. The lowest BCUT2D eigenvalue weighted by Crippen LogP contribution is -2.28. The summed E-state index contributed by atoms with van der Waals surface area (Å²) in [6.45, 7) is 1.99. The van der Waals surface area contributed by atoms with E-state index in [1.807, 2.05) is 6.92 Å². The molecule has 0 aromatic rings. The number of hydrogen-bond donors (Lipinski definition) is 0. The highest BCUT2D eigenvalue weighted by atomic mass is 35.5. The summed E-state index contributed by atoms with van der Waals surface area (Å²) in [5.74, 6) is 0.858. The van der Waals surface area contributed by atoms with Crippen LogP contribution in [0.1, 0.15) is 39.0 Å². The minimum Gasteiger partial charge on any atom is -0.299 e. The molecule has 0 heterocycles. The minimum atomic E-state index is -0.210. The number of alkyl halides is 1. The highest BCUT2D eigenvalue weighted by Crippen LogP contribution is 2.32. The van der Waals surface area contributed by atoms with Crippen molar-refractivity contribution in [1.29, 1.82) is 0 Å². The van der Waals surface area contributed by atoms with Gasteiger partial charge in [-0.05, 0) is 12.8 Å². The van der Waals surface area contributed by atoms with Crippen LogP contribution in [0, 0.1) is 5.41 Å². The molecular formula is C9H15ClO. The molecule has 0 aromatic carbocycles. The highest BCUT2D eigenvalue weighted by Gasteiger charge is 2.32. The molecule has 0 N–H and O–H groups in total. The van der Waals surface area contributed by atoms with Gasteiger partial charge < -0.3 is 0 Å². The Balaban J connectivity index is 2.66. The van der Waals surface area contributed by atoms with E-state index in [-0.39, 0.29) is 5.41 Å². The predicted octanol–water partition coefficient (Wildman–Crippen LogP) is 2.76. The van der Waals surface area contributed by atoms with Crippen molar-refractivity contribution in [3.05, 3.63) is 0 Å². The summed E-state index contributed by atoms with van der Waals surface area (Å²) in [5.41, 5.74) is -0.210. The fourth-order valence-electron chi connectivity index (χ4n) is 1.56. The number of ketones is 1. The van der Waals surface area contributed by atoms with Crippen LogP contribution in [0.15, 0.2) is 0 Å². The average molecular weight is 175 g/mol. The molecule has 0 spiro atoms. The molecule has 1 aliphatic carbocycles. The first-order valence-corrected chi connectivity index (χ1v) is 4.82. The Kier molecular flexibility index (Phi) is 2.94. The van der Waals surface area contributed by atoms with Crippen LogP contribution in [-0.4, -0.2) is 11.7 Å². The molecule has 11 heavy (non-hydrogen) atoms. The largest absolute Gasteiger partial charge is 0.299 e. The molecule has 64 valence electrons. The van der Waals surface area contributed by atoms with Gasteiger partial charge in [0, 0.05) is 17.7 Å². The van der Waals surface area contributed by atoms with Crippen LogP contribution in [-0.2, 0) is 4.79 Å². The van der Waals surface area contributed by atoms with Gasteiger partial charge in [0.05, 0.1) is 0 Å². The average Bonchev–Trinajstić information content (AvgIpc) is 2.16. The van der Waals surface area contributed by atoms with Crippen LogP contribution in [0.2, 0.25) is 0 Å². The Morgan fingerprint density at radius 2 is 2.18 bits per heavy atom. The Morgan fingerprint density at radius 1 is 1.45 bits per heavy atom. The molecule has 1 nitrogen and oxygen atoms in total. The molecule has 0 saturated heterocycles. The van der Waals surface area contributed by atoms with E-state index < -0.39 is 0 Å². The van der Waals surface area contributed by atoms with Gasteiger partial charge in [-0.3, -0.25) is 4.79 Å². The highest BCUT2D eigenvalue weighted by molar-refractivity contribution is 6.20. The van der Waals surface area contributed by atoms with Gasteiger partial charge in [0.25, 0.3) is 0 Å². The fourth-order valence-corrected chi connectivity index (χ4v) is 1.84. The van der Waals surface area contributed by atoms with Crippen molar-refractivity contribution in [2.75, 3.05) is 5.88 Å². The molecule has 1 atom stereocenters. The van der Waals surface area contributed by atoms with E-state index in [1.54, 1.807) is 0 Å². The molecule has 0 bridgehead atoms. The SMILES string of the molecule is CC1(CCl)CCCCCC1=O. The number of halogens is 1. The Hall–Kier alpha value is -0.0400. The molecule has 1 rings (SSSR count). The van der Waals surface area contributed by atoms with Crippen LogP contribution in [0.25, 0.3) is 0 Å². The molecule has 1 unspecified atom stereocenters. The first-order chi connectivity index (χ1) is 5.19. The number of Topliss-reactive ketones (excluding diaryl/α,β-unsaturated/α-hetero) is 1. The lowest BCUT2D eigenvalue weighted by atomic mass is 9.83. The quantitative estimate of drug-likeness (QED) is 0.442. The maximum Gasteiger partial charge on any atom is 0.139 e. The topological polar surface area (TPSA) is 17.1 Å². The van der Waals surface area contributed by atoms with E-state index >= 15 is 0 Å². The van der Waals surface area contributed by atoms with Crippen molar-refractivity contribution >= 4 is 17.4 Å². The van der Waals surface area contributed by atoms with E-state index in [0.717, 1.165) is 25.7 Å². The van der Waals surface area contributed by atoms with Crippen molar-refractivity contribution in [1.82, 2.24) is 0 Å². The molecule has 0 radical (unpaired) electrons. The monoisotopic (exact) mass is 174 g/mol. The summed E-state index contributed by atoms with van der Waals surface area (Å²) in [4.78, 5) is 11.5. The van der Waals surface area contributed by atoms with E-state index in [1.165, 1.54) is 6.42 Å². The standard InChI is InChI=1S/C9H15ClO/c1-9(7-10)6-4-2-3-5-8(9)11/h2-7H2,1H3. The van der Waals surface area contributed by atoms with Gasteiger partial charge in [-0.1, -0.05) is 19.8 Å². The molecule has 1 saturated carbocycles. The zero-order chi connectivity index (χ0) is 8.32. The maximum atomic E-state index is 11.5. The van der Waals surface area contributed by atoms with Crippen LogP contribution in [0.5, 0.6) is 0 Å². The molecule has 0 amide bonds. The van der Waals surface area contributed by atoms with Crippen molar-refractivity contribution in [2.24, 2.45) is 5.41 Å². The summed E-state index contributed by atoms with van der Waals surface area (Å²) in [6.07, 6.45) is 5.14. The van der Waals surface area contributed by atoms with E-state index in [2.05, 4.69) is 0 Å². The van der Waals surface area contributed by atoms with Crippen molar-refractivity contribution < 1.29 is 4.79 Å². The van der Waals surface area contributed by atoms with Gasteiger partial charge in [0.2, 0.25) is 0 Å². The van der Waals surface area contributed by atoms with Crippen molar-refractivity contribution in [2.45, 2.75) is 39.0 Å². The van der Waals surface area contributed by atoms with E-state index in [4.69, 9.17) is 11.6 Å². The number of rotatable bonds is 1. The summed E-state index contributed by atoms with van der Waals surface area (Å²) in [7, 11) is 0. The third-order valence-corrected chi connectivity index (χ3v) is 3.19. The van der Waals surface area contributed by atoms with Gasteiger partial charge in [-0.2, -0.15) is 0 Å². The first-order valence-electron chi connectivity index (χ1n) is 4.28. The van der Waals surface area contributed by atoms with E-state index in [0.29, 0.717) is 11.7 Å². The lowest BCUT2D eigenvalue weighted by Gasteiger charge is -2.22. The first kappa shape index (κ1) is 9.05. The van der Waals surface area contributed by atoms with Crippen LogP contribution >= 0.6 is 11.6 Å². The number of carbonyl (C=O) groups is 1. The second-order valence-corrected chi connectivity index (χ2v) is 3.95. The van der Waals surface area contributed by atoms with Gasteiger partial charge >= 0.3 is 0 Å². The molecule has 1 fully saturated rings. The van der Waals surface area contributed by atoms with Crippen molar-refractivity contribution in [3.63, 3.8) is 0 Å². The molecule has 0 aromatic heterocycles. The van der Waals surface area contributed by atoms with Crippen LogP contribution < -0.4 is 0 Å². The van der Waals surface area contributed by atoms with E-state index in [9.17, 15) is 4.79 Å². The maximum absolute atomic E-state index is 11.5. The minimum absolute atomic E-state index is 0.210. The lowest BCUT2D eigenvalue weighted by molar-refractivity contribution is -0.126.